The molecular formula is C12H17NO5S. The Balaban J connectivity index is 2.79. The topological polar surface area (TPSA) is 92.7 Å². The van der Waals surface area contributed by atoms with Crippen LogP contribution >= 0.6 is 0 Å². The molecule has 0 saturated heterocycles. The van der Waals surface area contributed by atoms with E-state index in [1.165, 1.54) is 24.3 Å². The van der Waals surface area contributed by atoms with Crippen LogP contribution in [0.2, 0.25) is 0 Å². The van der Waals surface area contributed by atoms with E-state index in [9.17, 15) is 13.2 Å². The number of benzene rings is 1. The van der Waals surface area contributed by atoms with E-state index in [1.807, 2.05) is 0 Å². The van der Waals surface area contributed by atoms with E-state index in [4.69, 9.17) is 9.84 Å². The van der Waals surface area contributed by atoms with Crippen LogP contribution in [-0.4, -0.2) is 45.0 Å². The molecule has 2 N–H and O–H groups in total. The van der Waals surface area contributed by atoms with Gasteiger partial charge < -0.3 is 15.2 Å². The molecule has 0 aliphatic carbocycles. The number of aliphatic hydroxyl groups excluding tert-OH is 1. The quantitative estimate of drug-likeness (QED) is 0.737. The van der Waals surface area contributed by atoms with Crippen molar-refractivity contribution in [2.75, 3.05) is 24.8 Å². The maximum absolute atomic E-state index is 11.5. The highest BCUT2D eigenvalue weighted by molar-refractivity contribution is 7.90. The number of anilines is 1. The van der Waals surface area contributed by atoms with Crippen molar-refractivity contribution in [2.24, 2.45) is 0 Å². The fraction of sp³-hybridized carbons (Fsp3) is 0.417. The van der Waals surface area contributed by atoms with Crippen molar-refractivity contribution in [1.82, 2.24) is 0 Å². The summed E-state index contributed by atoms with van der Waals surface area (Å²) in [6.45, 7) is 1.49. The summed E-state index contributed by atoms with van der Waals surface area (Å²) >= 11 is 0. The molecule has 0 amide bonds. The number of carbonyl (C=O) groups excluding carboxylic acids is 1. The second kappa shape index (κ2) is 6.53. The van der Waals surface area contributed by atoms with E-state index in [-0.39, 0.29) is 11.5 Å². The summed E-state index contributed by atoms with van der Waals surface area (Å²) in [4.78, 5) is 11.7. The van der Waals surface area contributed by atoms with Gasteiger partial charge in [0.1, 0.15) is 6.04 Å². The van der Waals surface area contributed by atoms with Crippen molar-refractivity contribution in [3.05, 3.63) is 24.3 Å². The predicted octanol–water partition coefficient (Wildman–Crippen LogP) is 0.426. The van der Waals surface area contributed by atoms with Gasteiger partial charge in [0.15, 0.2) is 9.84 Å². The summed E-state index contributed by atoms with van der Waals surface area (Å²) < 4.78 is 27.4. The van der Waals surface area contributed by atoms with Gasteiger partial charge in [-0.3, -0.25) is 0 Å². The summed E-state index contributed by atoms with van der Waals surface area (Å²) in [5, 5.41) is 11.9. The molecule has 0 spiro atoms. The molecule has 1 unspecified atom stereocenters. The second-order valence-electron chi connectivity index (χ2n) is 3.93. The second-order valence-corrected chi connectivity index (χ2v) is 5.94. The molecule has 0 aliphatic rings. The molecular weight excluding hydrogens is 270 g/mol. The Bertz CT molecular complexity index is 524. The van der Waals surface area contributed by atoms with Crippen LogP contribution in [0, 0.1) is 0 Å². The fourth-order valence-corrected chi connectivity index (χ4v) is 2.05. The third-order valence-corrected chi connectivity index (χ3v) is 3.51. The molecule has 1 rings (SSSR count). The molecule has 7 heteroatoms. The molecule has 0 radical (unpaired) electrons. The average Bonchev–Trinajstić information content (AvgIpc) is 2.35. The SMILES string of the molecule is CCOC(=O)C(CO)Nc1ccc(S(C)(=O)=O)cc1. The lowest BCUT2D eigenvalue weighted by molar-refractivity contribution is -0.144. The number of rotatable bonds is 6. The zero-order valence-electron chi connectivity index (χ0n) is 10.8. The maximum Gasteiger partial charge on any atom is 0.330 e. The number of nitrogens with one attached hydrogen (secondary N) is 1. The Morgan fingerprint density at radius 3 is 2.37 bits per heavy atom. The van der Waals surface area contributed by atoms with Crippen molar-refractivity contribution in [1.29, 1.82) is 0 Å². The molecule has 1 aromatic carbocycles. The lowest BCUT2D eigenvalue weighted by Crippen LogP contribution is -2.34. The molecule has 1 aromatic rings. The zero-order valence-corrected chi connectivity index (χ0v) is 11.6. The molecule has 6 nitrogen and oxygen atoms in total. The van der Waals surface area contributed by atoms with Gasteiger partial charge in [-0.1, -0.05) is 0 Å². The lowest BCUT2D eigenvalue weighted by Gasteiger charge is -2.16. The number of ether oxygens (including phenoxy) is 1. The van der Waals surface area contributed by atoms with Crippen LogP contribution in [0.1, 0.15) is 6.92 Å². The number of esters is 1. The van der Waals surface area contributed by atoms with Gasteiger partial charge >= 0.3 is 5.97 Å². The van der Waals surface area contributed by atoms with Crippen molar-refractivity contribution in [2.45, 2.75) is 17.9 Å². The average molecular weight is 287 g/mol. The standard InChI is InChI=1S/C12H17NO5S/c1-3-18-12(15)11(8-14)13-9-4-6-10(7-5-9)19(2,16)17/h4-7,11,13-14H,3,8H2,1-2H3. The number of hydrogen-bond acceptors (Lipinski definition) is 6. The van der Waals surface area contributed by atoms with E-state index >= 15 is 0 Å². The molecule has 0 saturated carbocycles. The normalized spacial score (nSPS) is 12.8. The highest BCUT2D eigenvalue weighted by atomic mass is 32.2. The van der Waals surface area contributed by atoms with Crippen LogP contribution in [0.15, 0.2) is 29.2 Å². The van der Waals surface area contributed by atoms with Crippen LogP contribution < -0.4 is 5.32 Å². The van der Waals surface area contributed by atoms with Gasteiger partial charge in [-0.2, -0.15) is 0 Å². The highest BCUT2D eigenvalue weighted by Crippen LogP contribution is 2.14. The van der Waals surface area contributed by atoms with E-state index in [1.54, 1.807) is 6.92 Å². The molecule has 0 aliphatic heterocycles. The van der Waals surface area contributed by atoms with Gasteiger partial charge in [0.25, 0.3) is 0 Å². The van der Waals surface area contributed by atoms with Crippen LogP contribution in [0.25, 0.3) is 0 Å². The van der Waals surface area contributed by atoms with Gasteiger partial charge in [-0.15, -0.1) is 0 Å². The summed E-state index contributed by atoms with van der Waals surface area (Å²) in [5.41, 5.74) is 0.527. The summed E-state index contributed by atoms with van der Waals surface area (Å²) in [5.74, 6) is -0.558. The molecule has 0 fully saturated rings. The number of carbonyl (C=O) groups is 1. The van der Waals surface area contributed by atoms with Crippen molar-refractivity contribution < 1.29 is 23.1 Å². The zero-order chi connectivity index (χ0) is 14.5. The monoisotopic (exact) mass is 287 g/mol. The van der Waals surface area contributed by atoms with Crippen LogP contribution in [-0.2, 0) is 19.4 Å². The molecule has 0 bridgehead atoms. The van der Waals surface area contributed by atoms with Crippen molar-refractivity contribution >= 4 is 21.5 Å². The van der Waals surface area contributed by atoms with E-state index in [0.717, 1.165) is 6.26 Å². The summed E-state index contributed by atoms with van der Waals surface area (Å²) in [7, 11) is -3.25. The third-order valence-electron chi connectivity index (χ3n) is 2.38. The van der Waals surface area contributed by atoms with Gasteiger partial charge in [0, 0.05) is 11.9 Å². The minimum absolute atomic E-state index is 0.190. The first kappa shape index (κ1) is 15.5. The minimum Gasteiger partial charge on any atom is -0.464 e. The van der Waals surface area contributed by atoms with Crippen molar-refractivity contribution in [3.63, 3.8) is 0 Å². The Morgan fingerprint density at radius 2 is 1.95 bits per heavy atom. The number of sulfone groups is 1. The molecule has 0 heterocycles. The van der Waals surface area contributed by atoms with E-state index < -0.39 is 28.5 Å². The summed E-state index contributed by atoms with van der Waals surface area (Å²) in [6, 6.07) is 5.04. The van der Waals surface area contributed by atoms with E-state index in [2.05, 4.69) is 5.32 Å². The number of hydrogen-bond donors (Lipinski definition) is 2. The first-order valence-corrected chi connectivity index (χ1v) is 7.61. The molecule has 0 aromatic heterocycles. The fourth-order valence-electron chi connectivity index (χ4n) is 1.42. The van der Waals surface area contributed by atoms with Gasteiger partial charge in [-0.05, 0) is 31.2 Å². The highest BCUT2D eigenvalue weighted by Gasteiger charge is 2.18. The predicted molar refractivity (Wildman–Crippen MR) is 70.7 cm³/mol. The molecule has 1 atom stereocenters. The Kier molecular flexibility index (Phi) is 5.31. The van der Waals surface area contributed by atoms with Crippen LogP contribution in [0.5, 0.6) is 0 Å². The smallest absolute Gasteiger partial charge is 0.330 e. The largest absolute Gasteiger partial charge is 0.464 e. The third kappa shape index (κ3) is 4.53. The maximum atomic E-state index is 11.5. The Hall–Kier alpha value is -1.60. The Morgan fingerprint density at radius 1 is 1.37 bits per heavy atom. The summed E-state index contributed by atoms with van der Waals surface area (Å²) in [6.07, 6.45) is 1.12. The van der Waals surface area contributed by atoms with Gasteiger partial charge in [0.05, 0.1) is 18.1 Å². The Labute approximate surface area is 112 Å². The lowest BCUT2D eigenvalue weighted by atomic mass is 10.2. The molecule has 106 valence electrons. The molecule has 19 heavy (non-hydrogen) atoms. The van der Waals surface area contributed by atoms with Crippen LogP contribution in [0.4, 0.5) is 5.69 Å². The van der Waals surface area contributed by atoms with Crippen molar-refractivity contribution in [3.8, 4) is 0 Å². The van der Waals surface area contributed by atoms with Gasteiger partial charge in [0.2, 0.25) is 0 Å². The first-order valence-electron chi connectivity index (χ1n) is 5.72. The number of aliphatic hydroxyl groups is 1. The van der Waals surface area contributed by atoms with E-state index in [0.29, 0.717) is 5.69 Å². The minimum atomic E-state index is -3.25. The first-order chi connectivity index (χ1) is 8.88. The van der Waals surface area contributed by atoms with Crippen LogP contribution in [0.3, 0.4) is 0 Å². The van der Waals surface area contributed by atoms with Gasteiger partial charge in [-0.25, -0.2) is 13.2 Å².